The molecule has 1 rings (SSSR count). The number of anilines is 2. The van der Waals surface area contributed by atoms with E-state index in [1.54, 1.807) is 6.92 Å². The van der Waals surface area contributed by atoms with Crippen molar-refractivity contribution in [3.05, 3.63) is 10.4 Å². The van der Waals surface area contributed by atoms with Crippen molar-refractivity contribution in [1.82, 2.24) is 4.90 Å². The van der Waals surface area contributed by atoms with Crippen molar-refractivity contribution in [3.63, 3.8) is 0 Å². The first-order chi connectivity index (χ1) is 9.01. The van der Waals surface area contributed by atoms with Crippen molar-refractivity contribution in [2.75, 3.05) is 38.2 Å². The van der Waals surface area contributed by atoms with E-state index in [9.17, 15) is 4.79 Å². The Hall–Kier alpha value is -1.58. The van der Waals surface area contributed by atoms with Crippen LogP contribution in [-0.2, 0) is 0 Å². The lowest BCUT2D eigenvalue weighted by molar-refractivity contribution is 0.0993. The number of ketones is 1. The number of hydrogen-bond donors (Lipinski definition) is 2. The van der Waals surface area contributed by atoms with E-state index in [2.05, 4.69) is 16.3 Å². The highest BCUT2D eigenvalue weighted by atomic mass is 32.1. The first-order valence-corrected chi connectivity index (χ1v) is 7.07. The number of carbonyl (C=O) groups excluding carboxylic acids is 1. The third-order valence-electron chi connectivity index (χ3n) is 2.70. The third kappa shape index (κ3) is 3.94. The van der Waals surface area contributed by atoms with Crippen LogP contribution in [0.3, 0.4) is 0 Å². The van der Waals surface area contributed by atoms with Gasteiger partial charge in [0.05, 0.1) is 10.6 Å². The molecule has 0 radical (unpaired) electrons. The van der Waals surface area contributed by atoms with Gasteiger partial charge in [0.2, 0.25) is 0 Å². The number of thiophene rings is 1. The van der Waals surface area contributed by atoms with E-state index in [1.807, 2.05) is 14.1 Å². The van der Waals surface area contributed by atoms with Crippen LogP contribution in [-0.4, -0.2) is 37.9 Å². The summed E-state index contributed by atoms with van der Waals surface area (Å²) in [7, 11) is 4.03. The van der Waals surface area contributed by atoms with Crippen molar-refractivity contribution in [2.24, 2.45) is 0 Å². The van der Waals surface area contributed by atoms with Crippen LogP contribution in [0.15, 0.2) is 0 Å². The first-order valence-electron chi connectivity index (χ1n) is 6.25. The number of nitrogens with two attached hydrogens (primary N) is 1. The normalized spacial score (nSPS) is 10.5. The second kappa shape index (κ2) is 7.12. The topological polar surface area (TPSA) is 82.2 Å². The molecule has 0 atom stereocenters. The Labute approximate surface area is 118 Å². The molecule has 0 aliphatic rings. The predicted molar refractivity (Wildman–Crippen MR) is 79.7 cm³/mol. The maximum Gasteiger partial charge on any atom is 0.174 e. The maximum atomic E-state index is 11.7. The van der Waals surface area contributed by atoms with Crippen LogP contribution in [0.2, 0.25) is 0 Å². The molecule has 0 unspecified atom stereocenters. The van der Waals surface area contributed by atoms with Gasteiger partial charge in [-0.25, -0.2) is 0 Å². The van der Waals surface area contributed by atoms with Gasteiger partial charge in [-0.1, -0.05) is 6.92 Å². The molecule has 0 saturated heterocycles. The predicted octanol–water partition coefficient (Wildman–Crippen LogP) is 2.16. The Bertz CT molecular complexity index is 488. The lowest BCUT2D eigenvalue weighted by Gasteiger charge is -2.09. The zero-order chi connectivity index (χ0) is 14.4. The van der Waals surface area contributed by atoms with E-state index in [0.717, 1.165) is 19.5 Å². The molecule has 0 spiro atoms. The molecule has 0 bridgehead atoms. The molecular weight excluding hydrogens is 260 g/mol. The standard InChI is InChI=1S/C13H20N4OS/c1-4-10(18)12-11(15)9(8-14)13(19-12)16-6-5-7-17(2)3/h16H,4-7,15H2,1-3H3. The molecule has 0 aliphatic heterocycles. The number of nitrogens with zero attached hydrogens (tertiary/aromatic N) is 2. The Morgan fingerprint density at radius 2 is 2.21 bits per heavy atom. The number of rotatable bonds is 7. The zero-order valence-electron chi connectivity index (χ0n) is 11.6. The van der Waals surface area contributed by atoms with Crippen LogP contribution in [0.5, 0.6) is 0 Å². The Morgan fingerprint density at radius 1 is 1.53 bits per heavy atom. The Morgan fingerprint density at radius 3 is 2.74 bits per heavy atom. The molecule has 104 valence electrons. The first kappa shape index (κ1) is 15.5. The molecule has 1 aromatic rings. The van der Waals surface area contributed by atoms with E-state index in [-0.39, 0.29) is 5.78 Å². The summed E-state index contributed by atoms with van der Waals surface area (Å²) >= 11 is 1.28. The van der Waals surface area contributed by atoms with Gasteiger partial charge in [-0.2, -0.15) is 5.26 Å². The molecule has 0 fully saturated rings. The number of hydrogen-bond acceptors (Lipinski definition) is 6. The van der Waals surface area contributed by atoms with Gasteiger partial charge in [0.1, 0.15) is 16.6 Å². The summed E-state index contributed by atoms with van der Waals surface area (Å²) in [5, 5.41) is 13.0. The number of nitrogen functional groups attached to an aromatic ring is 1. The quantitative estimate of drug-likeness (QED) is 0.591. The van der Waals surface area contributed by atoms with Crippen LogP contribution >= 0.6 is 11.3 Å². The number of nitrogens with one attached hydrogen (secondary N) is 1. The molecule has 5 nitrogen and oxygen atoms in total. The van der Waals surface area contributed by atoms with Crippen molar-refractivity contribution in [1.29, 1.82) is 5.26 Å². The van der Waals surface area contributed by atoms with Crippen LogP contribution in [0.1, 0.15) is 35.0 Å². The molecular formula is C13H20N4OS. The van der Waals surface area contributed by atoms with Crippen molar-refractivity contribution in [2.45, 2.75) is 19.8 Å². The summed E-state index contributed by atoms with van der Waals surface area (Å²) in [6.45, 7) is 3.51. The van der Waals surface area contributed by atoms with Crippen molar-refractivity contribution in [3.8, 4) is 6.07 Å². The summed E-state index contributed by atoms with van der Waals surface area (Å²) in [5.41, 5.74) is 6.57. The van der Waals surface area contributed by atoms with Gasteiger partial charge in [-0.15, -0.1) is 11.3 Å². The SMILES string of the molecule is CCC(=O)c1sc(NCCCN(C)C)c(C#N)c1N. The largest absolute Gasteiger partial charge is 0.396 e. The lowest BCUT2D eigenvalue weighted by Crippen LogP contribution is -2.16. The fourth-order valence-electron chi connectivity index (χ4n) is 1.64. The second-order valence-electron chi connectivity index (χ2n) is 4.52. The Balaban J connectivity index is 2.78. The molecule has 1 aromatic heterocycles. The number of Topliss-reactive ketones (excluding diaryl/α,β-unsaturated/α-hetero) is 1. The van der Waals surface area contributed by atoms with Crippen LogP contribution in [0.25, 0.3) is 0 Å². The monoisotopic (exact) mass is 280 g/mol. The summed E-state index contributed by atoms with van der Waals surface area (Å²) in [6.07, 6.45) is 1.36. The molecule has 0 amide bonds. The summed E-state index contributed by atoms with van der Waals surface area (Å²) in [4.78, 5) is 14.3. The second-order valence-corrected chi connectivity index (χ2v) is 5.54. The van der Waals surface area contributed by atoms with Gasteiger partial charge in [0, 0.05) is 13.0 Å². The van der Waals surface area contributed by atoms with Crippen LogP contribution in [0.4, 0.5) is 10.7 Å². The molecule has 6 heteroatoms. The van der Waals surface area contributed by atoms with Crippen LogP contribution < -0.4 is 11.1 Å². The van der Waals surface area contributed by atoms with Gasteiger partial charge in [0.25, 0.3) is 0 Å². The van der Waals surface area contributed by atoms with Crippen molar-refractivity contribution < 1.29 is 4.79 Å². The average molecular weight is 280 g/mol. The van der Waals surface area contributed by atoms with Gasteiger partial charge in [-0.3, -0.25) is 4.79 Å². The van der Waals surface area contributed by atoms with E-state index in [4.69, 9.17) is 11.0 Å². The molecule has 0 aromatic carbocycles. The lowest BCUT2D eigenvalue weighted by atomic mass is 10.2. The fraction of sp³-hybridized carbons (Fsp3) is 0.538. The van der Waals surface area contributed by atoms with Crippen LogP contribution in [0, 0.1) is 11.3 Å². The fourth-order valence-corrected chi connectivity index (χ4v) is 2.75. The molecule has 3 N–H and O–H groups in total. The average Bonchev–Trinajstić information content (AvgIpc) is 2.70. The van der Waals surface area contributed by atoms with Gasteiger partial charge in [-0.05, 0) is 27.1 Å². The summed E-state index contributed by atoms with van der Waals surface area (Å²) in [5.74, 6) is -0.0136. The van der Waals surface area contributed by atoms with Gasteiger partial charge < -0.3 is 16.0 Å². The van der Waals surface area contributed by atoms with Gasteiger partial charge >= 0.3 is 0 Å². The van der Waals surface area contributed by atoms with E-state index in [0.29, 0.717) is 27.5 Å². The van der Waals surface area contributed by atoms with E-state index >= 15 is 0 Å². The highest BCUT2D eigenvalue weighted by molar-refractivity contribution is 7.19. The molecule has 0 aliphatic carbocycles. The van der Waals surface area contributed by atoms with Gasteiger partial charge in [0.15, 0.2) is 5.78 Å². The smallest absolute Gasteiger partial charge is 0.174 e. The minimum atomic E-state index is -0.0136. The number of nitriles is 1. The summed E-state index contributed by atoms with van der Waals surface area (Å²) in [6, 6.07) is 2.07. The molecule has 0 saturated carbocycles. The highest BCUT2D eigenvalue weighted by Gasteiger charge is 2.19. The van der Waals surface area contributed by atoms with E-state index in [1.165, 1.54) is 11.3 Å². The highest BCUT2D eigenvalue weighted by Crippen LogP contribution is 2.35. The summed E-state index contributed by atoms with van der Waals surface area (Å²) < 4.78 is 0. The minimum Gasteiger partial charge on any atom is -0.396 e. The van der Waals surface area contributed by atoms with E-state index < -0.39 is 0 Å². The maximum absolute atomic E-state index is 11.7. The molecule has 19 heavy (non-hydrogen) atoms. The van der Waals surface area contributed by atoms with Crippen molar-refractivity contribution >= 4 is 27.8 Å². The molecule has 1 heterocycles. The third-order valence-corrected chi connectivity index (χ3v) is 3.90. The number of carbonyl (C=O) groups is 1. The minimum absolute atomic E-state index is 0.0136. The Kier molecular flexibility index (Phi) is 5.80. The zero-order valence-corrected chi connectivity index (χ0v) is 12.4.